The maximum Gasteiger partial charge on any atom is 0.354 e. The molecule has 1 aromatic rings. The fourth-order valence-electron chi connectivity index (χ4n) is 2.54. The number of carbonyl (C=O) groups is 2. The van der Waals surface area contributed by atoms with Crippen LogP contribution in [0.5, 0.6) is 0 Å². The van der Waals surface area contributed by atoms with Gasteiger partial charge in [-0.15, -0.1) is 0 Å². The number of aromatic carboxylic acids is 1. The van der Waals surface area contributed by atoms with E-state index in [1.165, 1.54) is 31.0 Å². The van der Waals surface area contributed by atoms with Crippen molar-refractivity contribution in [2.45, 2.75) is 32.6 Å². The first-order chi connectivity index (χ1) is 9.56. The molecule has 0 unspecified atom stereocenters. The molecule has 1 heterocycles. The fourth-order valence-corrected chi connectivity index (χ4v) is 2.54. The monoisotopic (exact) mass is 276 g/mol. The molecule has 2 rings (SSSR count). The minimum absolute atomic E-state index is 0.107. The highest BCUT2D eigenvalue weighted by molar-refractivity contribution is 5.94. The van der Waals surface area contributed by atoms with Crippen LogP contribution in [-0.4, -0.2) is 28.5 Å². The van der Waals surface area contributed by atoms with Crippen molar-refractivity contribution in [1.29, 1.82) is 0 Å². The van der Waals surface area contributed by atoms with E-state index in [1.54, 1.807) is 0 Å². The van der Waals surface area contributed by atoms with Gasteiger partial charge in [0.2, 0.25) is 0 Å². The van der Waals surface area contributed by atoms with Crippen molar-refractivity contribution in [2.24, 2.45) is 11.8 Å². The number of aromatic nitrogens is 1. The summed E-state index contributed by atoms with van der Waals surface area (Å²) in [6.45, 7) is 2.90. The second-order valence-electron chi connectivity index (χ2n) is 5.55. The number of carboxylic acid groups (broad SMARTS) is 1. The van der Waals surface area contributed by atoms with Gasteiger partial charge in [0.15, 0.2) is 0 Å². The summed E-state index contributed by atoms with van der Waals surface area (Å²) in [5.41, 5.74) is 0.0539. The van der Waals surface area contributed by atoms with E-state index < -0.39 is 5.97 Å². The molecule has 0 radical (unpaired) electrons. The van der Waals surface area contributed by atoms with Crippen molar-refractivity contribution in [3.8, 4) is 0 Å². The average molecular weight is 276 g/mol. The van der Waals surface area contributed by atoms with Crippen LogP contribution in [0.3, 0.4) is 0 Å². The van der Waals surface area contributed by atoms with E-state index in [4.69, 9.17) is 5.11 Å². The first-order valence-corrected chi connectivity index (χ1v) is 7.05. The summed E-state index contributed by atoms with van der Waals surface area (Å²) in [7, 11) is 0. The lowest BCUT2D eigenvalue weighted by atomic mass is 9.83. The molecule has 0 spiro atoms. The third-order valence-corrected chi connectivity index (χ3v) is 3.89. The van der Waals surface area contributed by atoms with Crippen molar-refractivity contribution in [1.82, 2.24) is 10.3 Å². The highest BCUT2D eigenvalue weighted by Crippen LogP contribution is 2.27. The van der Waals surface area contributed by atoms with Crippen molar-refractivity contribution >= 4 is 11.9 Å². The van der Waals surface area contributed by atoms with Gasteiger partial charge in [-0.25, -0.2) is 9.78 Å². The van der Waals surface area contributed by atoms with Crippen LogP contribution in [-0.2, 0) is 0 Å². The molecule has 5 heteroatoms. The van der Waals surface area contributed by atoms with Crippen LogP contribution in [0.1, 0.15) is 53.6 Å². The van der Waals surface area contributed by atoms with E-state index in [0.717, 1.165) is 18.8 Å². The summed E-state index contributed by atoms with van der Waals surface area (Å²) < 4.78 is 0. The molecule has 0 aromatic carbocycles. The van der Waals surface area contributed by atoms with Crippen molar-refractivity contribution in [3.63, 3.8) is 0 Å². The number of nitrogens with zero attached hydrogens (tertiary/aromatic N) is 1. The highest BCUT2D eigenvalue weighted by atomic mass is 16.4. The summed E-state index contributed by atoms with van der Waals surface area (Å²) in [5.74, 6) is -0.110. The molecule has 2 N–H and O–H groups in total. The van der Waals surface area contributed by atoms with E-state index in [-0.39, 0.29) is 17.3 Å². The Morgan fingerprint density at radius 1 is 1.25 bits per heavy atom. The van der Waals surface area contributed by atoms with E-state index >= 15 is 0 Å². The zero-order chi connectivity index (χ0) is 14.5. The Hall–Kier alpha value is -1.91. The molecule has 1 aromatic heterocycles. The first-order valence-electron chi connectivity index (χ1n) is 7.05. The molecule has 0 atom stereocenters. The smallest absolute Gasteiger partial charge is 0.354 e. The molecule has 1 saturated carbocycles. The number of carbonyl (C=O) groups excluding carboxylic acids is 1. The van der Waals surface area contributed by atoms with Gasteiger partial charge in [-0.3, -0.25) is 4.79 Å². The second-order valence-corrected chi connectivity index (χ2v) is 5.55. The van der Waals surface area contributed by atoms with Crippen molar-refractivity contribution in [2.75, 3.05) is 6.54 Å². The number of amides is 1. The van der Waals surface area contributed by atoms with Gasteiger partial charge >= 0.3 is 5.97 Å². The molecular formula is C15H20N2O3. The van der Waals surface area contributed by atoms with Crippen LogP contribution >= 0.6 is 0 Å². The van der Waals surface area contributed by atoms with E-state index in [0.29, 0.717) is 12.5 Å². The van der Waals surface area contributed by atoms with Gasteiger partial charge in [0.25, 0.3) is 5.91 Å². The van der Waals surface area contributed by atoms with Crippen LogP contribution in [0.25, 0.3) is 0 Å². The Labute approximate surface area is 118 Å². The third kappa shape index (κ3) is 3.79. The number of rotatable bonds is 4. The third-order valence-electron chi connectivity index (χ3n) is 3.89. The molecule has 0 aliphatic heterocycles. The minimum Gasteiger partial charge on any atom is -0.477 e. The molecule has 1 fully saturated rings. The Balaban J connectivity index is 1.88. The molecule has 1 aliphatic rings. The summed E-state index contributed by atoms with van der Waals surface area (Å²) in [6, 6.07) is 4.44. The van der Waals surface area contributed by atoms with Gasteiger partial charge < -0.3 is 10.4 Å². The van der Waals surface area contributed by atoms with Crippen molar-refractivity contribution in [3.05, 3.63) is 29.6 Å². The Morgan fingerprint density at radius 3 is 2.55 bits per heavy atom. The Kier molecular flexibility index (Phi) is 4.71. The van der Waals surface area contributed by atoms with Gasteiger partial charge in [-0.1, -0.05) is 25.8 Å². The standard InChI is InChI=1S/C15H20N2O3/c1-10-5-7-11(8-6-10)9-16-14(18)12-3-2-4-13(17-12)15(19)20/h2-4,10-11H,5-9H2,1H3,(H,16,18)(H,19,20). The van der Waals surface area contributed by atoms with Gasteiger partial charge in [-0.05, 0) is 36.8 Å². The number of pyridine rings is 1. The molecule has 0 bridgehead atoms. The largest absolute Gasteiger partial charge is 0.477 e. The topological polar surface area (TPSA) is 79.3 Å². The quantitative estimate of drug-likeness (QED) is 0.884. The molecule has 1 amide bonds. The van der Waals surface area contributed by atoms with Crippen LogP contribution < -0.4 is 5.32 Å². The number of carboxylic acids is 1. The van der Waals surface area contributed by atoms with Gasteiger partial charge in [0.05, 0.1) is 0 Å². The first kappa shape index (κ1) is 14.5. The van der Waals surface area contributed by atoms with E-state index in [1.807, 2.05) is 0 Å². The lowest BCUT2D eigenvalue weighted by Crippen LogP contribution is -2.31. The predicted molar refractivity (Wildman–Crippen MR) is 74.7 cm³/mol. The van der Waals surface area contributed by atoms with Gasteiger partial charge in [0.1, 0.15) is 11.4 Å². The molecule has 5 nitrogen and oxygen atoms in total. The second kappa shape index (κ2) is 6.50. The zero-order valence-corrected chi connectivity index (χ0v) is 11.6. The van der Waals surface area contributed by atoms with E-state index in [2.05, 4.69) is 17.2 Å². The van der Waals surface area contributed by atoms with Crippen molar-refractivity contribution < 1.29 is 14.7 Å². The summed E-state index contributed by atoms with van der Waals surface area (Å²) in [6.07, 6.45) is 4.72. The number of nitrogens with one attached hydrogen (secondary N) is 1. The maximum atomic E-state index is 12.0. The molecule has 108 valence electrons. The van der Waals surface area contributed by atoms with Gasteiger partial charge in [0, 0.05) is 6.54 Å². The van der Waals surface area contributed by atoms with Crippen LogP contribution in [0.2, 0.25) is 0 Å². The van der Waals surface area contributed by atoms with E-state index in [9.17, 15) is 9.59 Å². The average Bonchev–Trinajstić information content (AvgIpc) is 2.46. The molecule has 0 saturated heterocycles. The zero-order valence-electron chi connectivity index (χ0n) is 11.6. The summed E-state index contributed by atoms with van der Waals surface area (Å²) in [4.78, 5) is 26.6. The van der Waals surface area contributed by atoms with Crippen LogP contribution in [0.15, 0.2) is 18.2 Å². The summed E-state index contributed by atoms with van der Waals surface area (Å²) in [5, 5.41) is 11.7. The van der Waals surface area contributed by atoms with Crippen LogP contribution in [0.4, 0.5) is 0 Å². The lowest BCUT2D eigenvalue weighted by molar-refractivity contribution is 0.0690. The lowest BCUT2D eigenvalue weighted by Gasteiger charge is -2.26. The maximum absolute atomic E-state index is 12.0. The minimum atomic E-state index is -1.12. The Morgan fingerprint density at radius 2 is 1.90 bits per heavy atom. The molecular weight excluding hydrogens is 256 g/mol. The number of hydrogen-bond donors (Lipinski definition) is 2. The highest BCUT2D eigenvalue weighted by Gasteiger charge is 2.19. The Bertz CT molecular complexity index is 494. The summed E-state index contributed by atoms with van der Waals surface area (Å²) >= 11 is 0. The number of hydrogen-bond acceptors (Lipinski definition) is 3. The molecule has 1 aliphatic carbocycles. The fraction of sp³-hybridized carbons (Fsp3) is 0.533. The van der Waals surface area contributed by atoms with Crippen LogP contribution in [0, 0.1) is 11.8 Å². The molecule has 20 heavy (non-hydrogen) atoms. The SMILES string of the molecule is CC1CCC(CNC(=O)c2cccc(C(=O)O)n2)CC1. The van der Waals surface area contributed by atoms with Gasteiger partial charge in [-0.2, -0.15) is 0 Å². The predicted octanol–water partition coefficient (Wildman–Crippen LogP) is 2.34. The normalized spacial score (nSPS) is 22.2.